The molecule has 1 aromatic rings. The highest BCUT2D eigenvalue weighted by molar-refractivity contribution is 5.28. The van der Waals surface area contributed by atoms with Gasteiger partial charge in [0.2, 0.25) is 0 Å². The molecule has 0 radical (unpaired) electrons. The molecule has 1 N–H and O–H groups in total. The molecule has 1 fully saturated rings. The normalized spacial score (nSPS) is 21.8. The van der Waals surface area contributed by atoms with Gasteiger partial charge < -0.3 is 5.32 Å². The van der Waals surface area contributed by atoms with Gasteiger partial charge in [-0.25, -0.2) is 0 Å². The molecule has 0 aromatic heterocycles. The van der Waals surface area contributed by atoms with Crippen LogP contribution in [-0.4, -0.2) is 6.54 Å². The van der Waals surface area contributed by atoms with Crippen LogP contribution in [0.2, 0.25) is 0 Å². The van der Waals surface area contributed by atoms with E-state index in [1.807, 2.05) is 0 Å². The fourth-order valence-electron chi connectivity index (χ4n) is 2.10. The van der Waals surface area contributed by atoms with Crippen LogP contribution < -0.4 is 5.32 Å². The van der Waals surface area contributed by atoms with Gasteiger partial charge in [-0.2, -0.15) is 0 Å². The van der Waals surface area contributed by atoms with Crippen LogP contribution in [0.15, 0.2) is 24.3 Å². The standard InChI is InChI=1S/C13H19N/c1-10(2)11-5-3-6-12(9-11)13-7-4-8-14-13/h3,5-6,9-10,13-14H,4,7-8H2,1-2H3/t13-/m0/s1. The molecule has 1 heterocycles. The van der Waals surface area contributed by atoms with Gasteiger partial charge in [0.05, 0.1) is 0 Å². The second-order valence-electron chi connectivity index (χ2n) is 4.47. The average Bonchev–Trinajstić information content (AvgIpc) is 2.71. The van der Waals surface area contributed by atoms with Crippen molar-refractivity contribution in [1.82, 2.24) is 5.32 Å². The Kier molecular flexibility index (Phi) is 2.87. The first-order valence-electron chi connectivity index (χ1n) is 5.60. The Morgan fingerprint density at radius 2 is 2.21 bits per heavy atom. The zero-order valence-electron chi connectivity index (χ0n) is 9.09. The summed E-state index contributed by atoms with van der Waals surface area (Å²) in [6.45, 7) is 5.68. The summed E-state index contributed by atoms with van der Waals surface area (Å²) in [5.41, 5.74) is 2.92. The van der Waals surface area contributed by atoms with Gasteiger partial charge in [0, 0.05) is 6.04 Å². The van der Waals surface area contributed by atoms with Crippen LogP contribution >= 0.6 is 0 Å². The molecule has 76 valence electrons. The molecule has 0 aliphatic carbocycles. The van der Waals surface area contributed by atoms with E-state index in [4.69, 9.17) is 0 Å². The van der Waals surface area contributed by atoms with Crippen molar-refractivity contribution in [3.05, 3.63) is 35.4 Å². The molecule has 0 saturated carbocycles. The van der Waals surface area contributed by atoms with Crippen LogP contribution in [0.1, 0.15) is 49.8 Å². The molecule has 2 rings (SSSR count). The van der Waals surface area contributed by atoms with Crippen molar-refractivity contribution in [3.8, 4) is 0 Å². The van der Waals surface area contributed by atoms with Crippen LogP contribution in [0.3, 0.4) is 0 Å². The maximum absolute atomic E-state index is 3.54. The first-order valence-corrected chi connectivity index (χ1v) is 5.60. The highest BCUT2D eigenvalue weighted by Crippen LogP contribution is 2.25. The number of benzene rings is 1. The predicted molar refractivity (Wildman–Crippen MR) is 60.5 cm³/mol. The quantitative estimate of drug-likeness (QED) is 0.753. The van der Waals surface area contributed by atoms with Gasteiger partial charge in [-0.15, -0.1) is 0 Å². The lowest BCUT2D eigenvalue weighted by Crippen LogP contribution is -2.12. The summed E-state index contributed by atoms with van der Waals surface area (Å²) in [4.78, 5) is 0. The molecule has 1 saturated heterocycles. The van der Waals surface area contributed by atoms with E-state index < -0.39 is 0 Å². The summed E-state index contributed by atoms with van der Waals surface area (Å²) >= 11 is 0. The summed E-state index contributed by atoms with van der Waals surface area (Å²) in [6.07, 6.45) is 2.61. The lowest BCUT2D eigenvalue weighted by Gasteiger charge is -2.13. The average molecular weight is 189 g/mol. The summed E-state index contributed by atoms with van der Waals surface area (Å²) < 4.78 is 0. The molecule has 0 spiro atoms. The number of hydrogen-bond acceptors (Lipinski definition) is 1. The van der Waals surface area contributed by atoms with Gasteiger partial charge in [-0.05, 0) is 36.4 Å². The Morgan fingerprint density at radius 1 is 1.36 bits per heavy atom. The maximum atomic E-state index is 3.54. The summed E-state index contributed by atoms with van der Waals surface area (Å²) in [6, 6.07) is 9.62. The molecular formula is C13H19N. The topological polar surface area (TPSA) is 12.0 Å². The van der Waals surface area contributed by atoms with Crippen molar-refractivity contribution < 1.29 is 0 Å². The summed E-state index contributed by atoms with van der Waals surface area (Å²) in [5, 5.41) is 3.54. The van der Waals surface area contributed by atoms with E-state index in [1.165, 1.54) is 30.5 Å². The third kappa shape index (κ3) is 1.98. The van der Waals surface area contributed by atoms with Crippen molar-refractivity contribution >= 4 is 0 Å². The number of hydrogen-bond donors (Lipinski definition) is 1. The monoisotopic (exact) mass is 189 g/mol. The van der Waals surface area contributed by atoms with E-state index >= 15 is 0 Å². The first-order chi connectivity index (χ1) is 6.77. The molecule has 0 amide bonds. The Labute approximate surface area is 86.5 Å². The molecule has 1 heteroatoms. The van der Waals surface area contributed by atoms with Crippen molar-refractivity contribution in [2.45, 2.75) is 38.6 Å². The van der Waals surface area contributed by atoms with Crippen molar-refractivity contribution in [2.24, 2.45) is 0 Å². The van der Waals surface area contributed by atoms with Crippen LogP contribution in [-0.2, 0) is 0 Å². The van der Waals surface area contributed by atoms with E-state index in [2.05, 4.69) is 43.4 Å². The van der Waals surface area contributed by atoms with Crippen LogP contribution in [0.5, 0.6) is 0 Å². The minimum absolute atomic E-state index is 0.605. The Morgan fingerprint density at radius 3 is 2.86 bits per heavy atom. The number of rotatable bonds is 2. The molecule has 1 aromatic carbocycles. The van der Waals surface area contributed by atoms with Crippen molar-refractivity contribution in [3.63, 3.8) is 0 Å². The molecule has 0 bridgehead atoms. The van der Waals surface area contributed by atoms with Crippen LogP contribution in [0, 0.1) is 0 Å². The molecule has 0 unspecified atom stereocenters. The van der Waals surface area contributed by atoms with Crippen LogP contribution in [0.4, 0.5) is 0 Å². The third-order valence-corrected chi connectivity index (χ3v) is 3.04. The lowest BCUT2D eigenvalue weighted by molar-refractivity contribution is 0.646. The Bertz CT molecular complexity index is 298. The summed E-state index contributed by atoms with van der Waals surface area (Å²) in [5.74, 6) is 0.636. The van der Waals surface area contributed by atoms with E-state index in [0.29, 0.717) is 12.0 Å². The molecule has 1 aliphatic rings. The van der Waals surface area contributed by atoms with Gasteiger partial charge >= 0.3 is 0 Å². The smallest absolute Gasteiger partial charge is 0.0320 e. The maximum Gasteiger partial charge on any atom is 0.0320 e. The van der Waals surface area contributed by atoms with E-state index in [-0.39, 0.29) is 0 Å². The molecule has 1 aliphatic heterocycles. The van der Waals surface area contributed by atoms with E-state index in [0.717, 1.165) is 0 Å². The first kappa shape index (κ1) is 9.72. The second kappa shape index (κ2) is 4.14. The zero-order valence-corrected chi connectivity index (χ0v) is 9.09. The highest BCUT2D eigenvalue weighted by atomic mass is 14.9. The van der Waals surface area contributed by atoms with E-state index in [1.54, 1.807) is 0 Å². The van der Waals surface area contributed by atoms with Gasteiger partial charge in [-0.3, -0.25) is 0 Å². The van der Waals surface area contributed by atoms with Crippen molar-refractivity contribution in [1.29, 1.82) is 0 Å². The minimum atomic E-state index is 0.605. The fourth-order valence-corrected chi connectivity index (χ4v) is 2.10. The Balaban J connectivity index is 2.21. The zero-order chi connectivity index (χ0) is 9.97. The largest absolute Gasteiger partial charge is 0.310 e. The van der Waals surface area contributed by atoms with E-state index in [9.17, 15) is 0 Å². The molecule has 1 nitrogen and oxygen atoms in total. The predicted octanol–water partition coefficient (Wildman–Crippen LogP) is 3.23. The highest BCUT2D eigenvalue weighted by Gasteiger charge is 2.16. The van der Waals surface area contributed by atoms with Gasteiger partial charge in [0.25, 0.3) is 0 Å². The number of nitrogens with one attached hydrogen (secondary N) is 1. The lowest BCUT2D eigenvalue weighted by atomic mass is 9.97. The van der Waals surface area contributed by atoms with Gasteiger partial charge in [0.15, 0.2) is 0 Å². The SMILES string of the molecule is CC(C)c1cccc([C@@H]2CCCN2)c1. The Hall–Kier alpha value is -0.820. The fraction of sp³-hybridized carbons (Fsp3) is 0.538. The van der Waals surface area contributed by atoms with Crippen molar-refractivity contribution in [2.75, 3.05) is 6.54 Å². The van der Waals surface area contributed by atoms with Gasteiger partial charge in [0.1, 0.15) is 0 Å². The van der Waals surface area contributed by atoms with Gasteiger partial charge in [-0.1, -0.05) is 38.1 Å². The second-order valence-corrected chi connectivity index (χ2v) is 4.47. The molecule has 1 atom stereocenters. The summed E-state index contributed by atoms with van der Waals surface area (Å²) in [7, 11) is 0. The van der Waals surface area contributed by atoms with Crippen LogP contribution in [0.25, 0.3) is 0 Å². The molecular weight excluding hydrogens is 170 g/mol. The molecule has 14 heavy (non-hydrogen) atoms. The minimum Gasteiger partial charge on any atom is -0.310 e. The third-order valence-electron chi connectivity index (χ3n) is 3.04.